The Hall–Kier alpha value is -2.71. The number of thiazole rings is 1. The lowest BCUT2D eigenvalue weighted by Crippen LogP contribution is -2.48. The van der Waals surface area contributed by atoms with E-state index in [1.54, 1.807) is 16.2 Å². The van der Waals surface area contributed by atoms with Crippen LogP contribution in [0.3, 0.4) is 0 Å². The number of carbonyl (C=O) groups excluding carboxylic acids is 1. The summed E-state index contributed by atoms with van der Waals surface area (Å²) >= 11 is 7.61. The number of anilines is 1. The molecule has 0 saturated carbocycles. The Morgan fingerprint density at radius 3 is 2.59 bits per heavy atom. The van der Waals surface area contributed by atoms with Crippen molar-refractivity contribution in [3.8, 4) is 0 Å². The molecule has 0 radical (unpaired) electrons. The second-order valence-electron chi connectivity index (χ2n) is 7.05. The summed E-state index contributed by atoms with van der Waals surface area (Å²) in [5.41, 5.74) is 3.24. The van der Waals surface area contributed by atoms with E-state index in [1.165, 1.54) is 29.3 Å². The van der Waals surface area contributed by atoms with E-state index < -0.39 is 4.92 Å². The normalized spacial score (nSPS) is 14.4. The Morgan fingerprint density at radius 1 is 1.17 bits per heavy atom. The quantitative estimate of drug-likeness (QED) is 0.453. The summed E-state index contributed by atoms with van der Waals surface area (Å²) in [6.45, 7) is 6.34. The van der Waals surface area contributed by atoms with E-state index >= 15 is 0 Å². The van der Waals surface area contributed by atoms with Crippen LogP contribution in [0.2, 0.25) is 5.02 Å². The van der Waals surface area contributed by atoms with Crippen molar-refractivity contribution < 1.29 is 9.72 Å². The summed E-state index contributed by atoms with van der Waals surface area (Å²) < 4.78 is 1.15. The summed E-state index contributed by atoms with van der Waals surface area (Å²) in [5, 5.41) is 12.5. The standard InChI is InChI=1S/C20H19ClN4O3S/c1-12-3-6-17-18(13(12)2)22-20(29-17)24-9-7-23(8-10-24)19(26)15-11-14(21)4-5-16(15)25(27)28/h3-6,11H,7-10H2,1-2H3. The molecule has 1 aromatic heterocycles. The molecular weight excluding hydrogens is 412 g/mol. The first-order valence-corrected chi connectivity index (χ1v) is 10.4. The molecule has 2 aromatic carbocycles. The van der Waals surface area contributed by atoms with Crippen LogP contribution in [-0.2, 0) is 0 Å². The number of aromatic nitrogens is 1. The van der Waals surface area contributed by atoms with Crippen LogP contribution >= 0.6 is 22.9 Å². The fourth-order valence-electron chi connectivity index (χ4n) is 3.46. The van der Waals surface area contributed by atoms with Crippen molar-refractivity contribution in [1.82, 2.24) is 9.88 Å². The van der Waals surface area contributed by atoms with Crippen molar-refractivity contribution in [3.05, 3.63) is 62.2 Å². The molecule has 0 bridgehead atoms. The number of nitro benzene ring substituents is 1. The van der Waals surface area contributed by atoms with Gasteiger partial charge >= 0.3 is 0 Å². The third-order valence-electron chi connectivity index (χ3n) is 5.30. The summed E-state index contributed by atoms with van der Waals surface area (Å²) in [4.78, 5) is 32.2. The smallest absolute Gasteiger partial charge is 0.282 e. The molecule has 0 spiro atoms. The fraction of sp³-hybridized carbons (Fsp3) is 0.300. The van der Waals surface area contributed by atoms with Crippen LogP contribution in [0.4, 0.5) is 10.8 Å². The average molecular weight is 431 g/mol. The van der Waals surface area contributed by atoms with Crippen LogP contribution in [-0.4, -0.2) is 46.9 Å². The van der Waals surface area contributed by atoms with Crippen LogP contribution in [0.5, 0.6) is 0 Å². The lowest BCUT2D eigenvalue weighted by molar-refractivity contribution is -0.385. The number of fused-ring (bicyclic) bond motifs is 1. The van der Waals surface area contributed by atoms with Gasteiger partial charge in [-0.25, -0.2) is 4.98 Å². The topological polar surface area (TPSA) is 79.6 Å². The first kappa shape index (κ1) is 19.6. The molecule has 29 heavy (non-hydrogen) atoms. The lowest BCUT2D eigenvalue weighted by atomic mass is 10.1. The number of hydrogen-bond donors (Lipinski definition) is 0. The van der Waals surface area contributed by atoms with Crippen molar-refractivity contribution in [2.75, 3.05) is 31.1 Å². The fourth-order valence-corrected chi connectivity index (χ4v) is 4.71. The van der Waals surface area contributed by atoms with E-state index in [-0.39, 0.29) is 17.2 Å². The van der Waals surface area contributed by atoms with Gasteiger partial charge in [-0.15, -0.1) is 0 Å². The van der Waals surface area contributed by atoms with Crippen molar-refractivity contribution in [3.63, 3.8) is 0 Å². The molecule has 3 aromatic rings. The monoisotopic (exact) mass is 430 g/mol. The second kappa shape index (κ2) is 7.61. The zero-order valence-electron chi connectivity index (χ0n) is 16.0. The van der Waals surface area contributed by atoms with Gasteiger partial charge in [-0.1, -0.05) is 29.0 Å². The number of halogens is 1. The lowest BCUT2D eigenvalue weighted by Gasteiger charge is -2.34. The Morgan fingerprint density at radius 2 is 1.90 bits per heavy atom. The molecule has 7 nitrogen and oxygen atoms in total. The maximum absolute atomic E-state index is 12.9. The molecule has 0 aliphatic carbocycles. The molecule has 1 fully saturated rings. The van der Waals surface area contributed by atoms with Gasteiger partial charge in [0.05, 0.1) is 15.1 Å². The van der Waals surface area contributed by atoms with Crippen molar-refractivity contribution in [2.45, 2.75) is 13.8 Å². The minimum atomic E-state index is -0.550. The van der Waals surface area contributed by atoms with Crippen LogP contribution in [0.1, 0.15) is 21.5 Å². The highest BCUT2D eigenvalue weighted by molar-refractivity contribution is 7.22. The summed E-state index contributed by atoms with van der Waals surface area (Å²) in [6.07, 6.45) is 0. The Kier molecular flexibility index (Phi) is 5.14. The summed E-state index contributed by atoms with van der Waals surface area (Å²) in [7, 11) is 0. The molecule has 0 unspecified atom stereocenters. The molecule has 1 aliphatic heterocycles. The molecular formula is C20H19ClN4O3S. The van der Waals surface area contributed by atoms with E-state index in [9.17, 15) is 14.9 Å². The van der Waals surface area contributed by atoms with E-state index in [0.717, 1.165) is 15.3 Å². The van der Waals surface area contributed by atoms with Crippen LogP contribution < -0.4 is 4.90 Å². The first-order chi connectivity index (χ1) is 13.8. The minimum absolute atomic E-state index is 0.0297. The van der Waals surface area contributed by atoms with Gasteiger partial charge in [0, 0.05) is 37.3 Å². The van der Waals surface area contributed by atoms with Gasteiger partial charge in [-0.05, 0) is 43.2 Å². The Bertz CT molecular complexity index is 1120. The number of nitro groups is 1. The van der Waals surface area contributed by atoms with Gasteiger partial charge in [-0.2, -0.15) is 0 Å². The highest BCUT2D eigenvalue weighted by Crippen LogP contribution is 2.32. The van der Waals surface area contributed by atoms with Gasteiger partial charge < -0.3 is 9.80 Å². The van der Waals surface area contributed by atoms with Crippen molar-refractivity contribution in [1.29, 1.82) is 0 Å². The number of benzene rings is 2. The predicted molar refractivity (Wildman–Crippen MR) is 115 cm³/mol. The number of rotatable bonds is 3. The number of hydrogen-bond acceptors (Lipinski definition) is 6. The van der Waals surface area contributed by atoms with Gasteiger partial charge in [0.1, 0.15) is 5.56 Å². The van der Waals surface area contributed by atoms with Gasteiger partial charge in [0.2, 0.25) is 0 Å². The van der Waals surface area contributed by atoms with Crippen LogP contribution in [0.15, 0.2) is 30.3 Å². The number of nitrogens with zero attached hydrogens (tertiary/aromatic N) is 4. The number of aryl methyl sites for hydroxylation is 2. The first-order valence-electron chi connectivity index (χ1n) is 9.20. The molecule has 0 N–H and O–H groups in total. The predicted octanol–water partition coefficient (Wildman–Crippen LogP) is 4.44. The molecule has 1 aliphatic rings. The highest BCUT2D eigenvalue weighted by Gasteiger charge is 2.28. The number of carbonyl (C=O) groups is 1. The summed E-state index contributed by atoms with van der Waals surface area (Å²) in [5.74, 6) is -0.366. The third kappa shape index (κ3) is 3.65. The van der Waals surface area contributed by atoms with E-state index in [1.807, 2.05) is 0 Å². The second-order valence-corrected chi connectivity index (χ2v) is 8.49. The highest BCUT2D eigenvalue weighted by atomic mass is 35.5. The minimum Gasteiger partial charge on any atom is -0.345 e. The van der Waals surface area contributed by atoms with E-state index in [0.29, 0.717) is 31.2 Å². The van der Waals surface area contributed by atoms with Crippen LogP contribution in [0, 0.1) is 24.0 Å². The SMILES string of the molecule is Cc1ccc2sc(N3CCN(C(=O)c4cc(Cl)ccc4[N+](=O)[O-])CC3)nc2c1C. The molecule has 1 amide bonds. The molecule has 4 rings (SSSR count). The number of piperazine rings is 1. The largest absolute Gasteiger partial charge is 0.345 e. The Balaban J connectivity index is 1.51. The van der Waals surface area contributed by atoms with Crippen LogP contribution in [0.25, 0.3) is 10.2 Å². The zero-order valence-corrected chi connectivity index (χ0v) is 17.6. The summed E-state index contributed by atoms with van der Waals surface area (Å²) in [6, 6.07) is 8.26. The molecule has 0 atom stereocenters. The molecule has 1 saturated heterocycles. The van der Waals surface area contributed by atoms with Gasteiger partial charge in [-0.3, -0.25) is 14.9 Å². The molecule has 150 valence electrons. The van der Waals surface area contributed by atoms with Crippen molar-refractivity contribution >= 4 is 49.9 Å². The maximum atomic E-state index is 12.9. The maximum Gasteiger partial charge on any atom is 0.282 e. The van der Waals surface area contributed by atoms with Gasteiger partial charge in [0.25, 0.3) is 11.6 Å². The van der Waals surface area contributed by atoms with E-state index in [2.05, 4.69) is 30.9 Å². The molecule has 2 heterocycles. The third-order valence-corrected chi connectivity index (χ3v) is 6.61. The Labute approximate surface area is 176 Å². The van der Waals surface area contributed by atoms with Gasteiger partial charge in [0.15, 0.2) is 5.13 Å². The van der Waals surface area contributed by atoms with Crippen molar-refractivity contribution in [2.24, 2.45) is 0 Å². The number of amides is 1. The zero-order chi connectivity index (χ0) is 20.7. The van der Waals surface area contributed by atoms with E-state index in [4.69, 9.17) is 16.6 Å². The average Bonchev–Trinajstić information content (AvgIpc) is 3.15. The molecule has 9 heteroatoms.